The first-order valence-electron chi connectivity index (χ1n) is 9.10. The summed E-state index contributed by atoms with van der Waals surface area (Å²) in [5.41, 5.74) is 1.13. The van der Waals surface area contributed by atoms with Crippen molar-refractivity contribution in [1.29, 1.82) is 0 Å². The normalized spacial score (nSPS) is 15.4. The summed E-state index contributed by atoms with van der Waals surface area (Å²) in [4.78, 5) is 13.6. The topological polar surface area (TPSA) is 66.9 Å². The number of hydrogen-bond acceptors (Lipinski definition) is 4. The average molecular weight is 406 g/mol. The standard InChI is InChI=1S/C20H23FN2O4S/c1-16-6-8-17(9-7-16)27-15-10-20(24)22-11-13-23(14-12-22)28(25,26)19-5-3-2-4-18(19)21/h2-9H,10-15H2,1H3. The highest BCUT2D eigenvalue weighted by Gasteiger charge is 2.31. The molecule has 150 valence electrons. The molecule has 28 heavy (non-hydrogen) atoms. The van der Waals surface area contributed by atoms with Crippen molar-refractivity contribution in [2.75, 3.05) is 32.8 Å². The van der Waals surface area contributed by atoms with Crippen molar-refractivity contribution in [2.45, 2.75) is 18.2 Å². The van der Waals surface area contributed by atoms with Crippen LogP contribution in [-0.2, 0) is 14.8 Å². The van der Waals surface area contributed by atoms with Gasteiger partial charge in [-0.2, -0.15) is 4.31 Å². The SMILES string of the molecule is Cc1ccc(OCCC(=O)N2CCN(S(=O)(=O)c3ccccc3F)CC2)cc1. The lowest BCUT2D eigenvalue weighted by atomic mass is 10.2. The molecule has 1 heterocycles. The largest absolute Gasteiger partial charge is 0.493 e. The minimum Gasteiger partial charge on any atom is -0.493 e. The van der Waals surface area contributed by atoms with Gasteiger partial charge in [0.1, 0.15) is 16.5 Å². The molecule has 0 radical (unpaired) electrons. The van der Waals surface area contributed by atoms with E-state index in [2.05, 4.69) is 0 Å². The van der Waals surface area contributed by atoms with Crippen LogP contribution in [0.25, 0.3) is 0 Å². The highest BCUT2D eigenvalue weighted by Crippen LogP contribution is 2.20. The number of hydrogen-bond donors (Lipinski definition) is 0. The van der Waals surface area contributed by atoms with E-state index < -0.39 is 15.8 Å². The number of aryl methyl sites for hydroxylation is 1. The van der Waals surface area contributed by atoms with Gasteiger partial charge in [0.2, 0.25) is 15.9 Å². The quantitative estimate of drug-likeness (QED) is 0.739. The molecule has 0 bridgehead atoms. The second-order valence-corrected chi connectivity index (χ2v) is 8.53. The van der Waals surface area contributed by atoms with Gasteiger partial charge in [-0.1, -0.05) is 29.8 Å². The molecule has 8 heteroatoms. The smallest absolute Gasteiger partial charge is 0.246 e. The van der Waals surface area contributed by atoms with Gasteiger partial charge in [-0.25, -0.2) is 12.8 Å². The molecule has 0 unspecified atom stereocenters. The minimum atomic E-state index is -3.90. The van der Waals surface area contributed by atoms with Crippen LogP contribution in [0.15, 0.2) is 53.4 Å². The summed E-state index contributed by atoms with van der Waals surface area (Å²) in [6, 6.07) is 12.9. The first-order chi connectivity index (χ1) is 13.4. The van der Waals surface area contributed by atoms with Crippen LogP contribution in [0.4, 0.5) is 4.39 Å². The minimum absolute atomic E-state index is 0.0879. The van der Waals surface area contributed by atoms with Gasteiger partial charge in [0, 0.05) is 26.2 Å². The maximum absolute atomic E-state index is 13.9. The molecule has 0 aliphatic carbocycles. The van der Waals surface area contributed by atoms with Gasteiger partial charge in [0.25, 0.3) is 0 Å². The van der Waals surface area contributed by atoms with E-state index in [0.717, 1.165) is 11.6 Å². The Morgan fingerprint density at radius 3 is 2.32 bits per heavy atom. The van der Waals surface area contributed by atoms with Crippen molar-refractivity contribution < 1.29 is 22.3 Å². The zero-order valence-electron chi connectivity index (χ0n) is 15.7. The molecule has 0 N–H and O–H groups in total. The number of halogens is 1. The second kappa shape index (κ2) is 8.70. The summed E-state index contributed by atoms with van der Waals surface area (Å²) < 4.78 is 45.9. The number of carbonyl (C=O) groups is 1. The molecule has 0 saturated carbocycles. The molecule has 0 aromatic heterocycles. The number of piperazine rings is 1. The predicted octanol–water partition coefficient (Wildman–Crippen LogP) is 2.44. The Hall–Kier alpha value is -2.45. The van der Waals surface area contributed by atoms with Crippen LogP contribution in [0.2, 0.25) is 0 Å². The molecule has 1 amide bonds. The predicted molar refractivity (Wildman–Crippen MR) is 103 cm³/mol. The molecule has 2 aromatic rings. The molecular formula is C20H23FN2O4S. The van der Waals surface area contributed by atoms with Crippen LogP contribution in [0.3, 0.4) is 0 Å². The molecule has 1 aliphatic rings. The highest BCUT2D eigenvalue weighted by molar-refractivity contribution is 7.89. The summed E-state index contributed by atoms with van der Waals surface area (Å²) in [5.74, 6) is -0.150. The molecule has 6 nitrogen and oxygen atoms in total. The van der Waals surface area contributed by atoms with Crippen molar-refractivity contribution in [2.24, 2.45) is 0 Å². The van der Waals surface area contributed by atoms with E-state index in [1.807, 2.05) is 31.2 Å². The maximum atomic E-state index is 13.9. The summed E-state index contributed by atoms with van der Waals surface area (Å²) in [7, 11) is -3.90. The average Bonchev–Trinajstić information content (AvgIpc) is 2.69. The molecule has 1 saturated heterocycles. The fraction of sp³-hybridized carbons (Fsp3) is 0.350. The number of sulfonamides is 1. The van der Waals surface area contributed by atoms with Crippen LogP contribution in [0.5, 0.6) is 5.75 Å². The summed E-state index contributed by atoms with van der Waals surface area (Å²) in [5, 5.41) is 0. The Balaban J connectivity index is 1.50. The number of amides is 1. The highest BCUT2D eigenvalue weighted by atomic mass is 32.2. The van der Waals surface area contributed by atoms with E-state index in [1.165, 1.54) is 22.5 Å². The van der Waals surface area contributed by atoms with Crippen molar-refractivity contribution in [3.05, 3.63) is 59.9 Å². The molecule has 1 aliphatic heterocycles. The first-order valence-corrected chi connectivity index (χ1v) is 10.5. The Bertz CT molecular complexity index is 923. The van der Waals surface area contributed by atoms with Crippen molar-refractivity contribution in [1.82, 2.24) is 9.21 Å². The van der Waals surface area contributed by atoms with E-state index in [1.54, 1.807) is 4.90 Å². The van der Waals surface area contributed by atoms with Gasteiger partial charge in [-0.3, -0.25) is 4.79 Å². The summed E-state index contributed by atoms with van der Waals surface area (Å²) in [6.45, 7) is 3.07. The van der Waals surface area contributed by atoms with Gasteiger partial charge >= 0.3 is 0 Å². The fourth-order valence-corrected chi connectivity index (χ4v) is 4.51. The van der Waals surface area contributed by atoms with Crippen LogP contribution in [0.1, 0.15) is 12.0 Å². The van der Waals surface area contributed by atoms with Gasteiger partial charge in [0.05, 0.1) is 13.0 Å². The molecule has 1 fully saturated rings. The number of ether oxygens (including phenoxy) is 1. The molecule has 2 aromatic carbocycles. The van der Waals surface area contributed by atoms with Gasteiger partial charge < -0.3 is 9.64 Å². The Kier molecular flexibility index (Phi) is 6.31. The monoisotopic (exact) mass is 406 g/mol. The van der Waals surface area contributed by atoms with Crippen molar-refractivity contribution >= 4 is 15.9 Å². The van der Waals surface area contributed by atoms with Gasteiger partial charge in [-0.15, -0.1) is 0 Å². The zero-order valence-corrected chi connectivity index (χ0v) is 16.5. The second-order valence-electron chi connectivity index (χ2n) is 6.63. The van der Waals surface area contributed by atoms with Crippen molar-refractivity contribution in [3.63, 3.8) is 0 Å². The number of carbonyl (C=O) groups excluding carboxylic acids is 1. The van der Waals surface area contributed by atoms with Crippen LogP contribution in [0, 0.1) is 12.7 Å². The van der Waals surface area contributed by atoms with Crippen LogP contribution < -0.4 is 4.74 Å². The third-order valence-electron chi connectivity index (χ3n) is 4.65. The number of benzene rings is 2. The van der Waals surface area contributed by atoms with Crippen molar-refractivity contribution in [3.8, 4) is 5.75 Å². The first kappa shape index (κ1) is 20.3. The summed E-state index contributed by atoms with van der Waals surface area (Å²) >= 11 is 0. The zero-order chi connectivity index (χ0) is 20.1. The number of nitrogens with zero attached hydrogens (tertiary/aromatic N) is 2. The van der Waals surface area contributed by atoms with Crippen LogP contribution in [-0.4, -0.2) is 56.3 Å². The van der Waals surface area contributed by atoms with E-state index >= 15 is 0 Å². The Morgan fingerprint density at radius 2 is 1.68 bits per heavy atom. The lowest BCUT2D eigenvalue weighted by Gasteiger charge is -2.34. The fourth-order valence-electron chi connectivity index (χ4n) is 3.02. The van der Waals surface area contributed by atoms with Gasteiger partial charge in [0.15, 0.2) is 0 Å². The summed E-state index contributed by atoms with van der Waals surface area (Å²) in [6.07, 6.45) is 0.216. The molecule has 0 spiro atoms. The molecule has 3 rings (SSSR count). The van der Waals surface area contributed by atoms with E-state index in [9.17, 15) is 17.6 Å². The maximum Gasteiger partial charge on any atom is 0.246 e. The molecule has 0 atom stereocenters. The van der Waals surface area contributed by atoms with Crippen LogP contribution >= 0.6 is 0 Å². The Morgan fingerprint density at radius 1 is 1.04 bits per heavy atom. The third-order valence-corrected chi connectivity index (χ3v) is 6.58. The van der Waals surface area contributed by atoms with E-state index in [-0.39, 0.29) is 50.0 Å². The third kappa shape index (κ3) is 4.69. The Labute approximate surface area is 164 Å². The number of rotatable bonds is 6. The molecular weight excluding hydrogens is 383 g/mol. The lowest BCUT2D eigenvalue weighted by molar-refractivity contribution is -0.132. The lowest BCUT2D eigenvalue weighted by Crippen LogP contribution is -2.50. The van der Waals surface area contributed by atoms with E-state index in [4.69, 9.17) is 4.74 Å². The van der Waals surface area contributed by atoms with E-state index in [0.29, 0.717) is 5.75 Å². The van der Waals surface area contributed by atoms with Gasteiger partial charge in [-0.05, 0) is 31.2 Å².